The van der Waals surface area contributed by atoms with Crippen molar-refractivity contribution in [2.24, 2.45) is 5.92 Å². The van der Waals surface area contributed by atoms with E-state index in [4.69, 9.17) is 4.74 Å². The summed E-state index contributed by atoms with van der Waals surface area (Å²) in [6.07, 6.45) is 3.51. The molecule has 0 aromatic heterocycles. The van der Waals surface area contributed by atoms with Crippen molar-refractivity contribution in [2.45, 2.75) is 25.4 Å². The highest BCUT2D eigenvalue weighted by atomic mass is 19.1. The third-order valence-corrected chi connectivity index (χ3v) is 3.80. The largest absolute Gasteiger partial charge is 0.376 e. The number of rotatable bonds is 4. The molecule has 1 unspecified atom stereocenters. The van der Waals surface area contributed by atoms with Crippen molar-refractivity contribution < 1.29 is 13.9 Å². The van der Waals surface area contributed by atoms with Crippen molar-refractivity contribution >= 4 is 5.91 Å². The first-order valence-electron chi connectivity index (χ1n) is 6.89. The molecule has 102 valence electrons. The highest BCUT2D eigenvalue weighted by Gasteiger charge is 2.30. The van der Waals surface area contributed by atoms with E-state index >= 15 is 0 Å². The third kappa shape index (κ3) is 2.95. The van der Waals surface area contributed by atoms with E-state index in [1.54, 1.807) is 17.0 Å². The molecule has 1 heterocycles. The number of amides is 1. The first kappa shape index (κ1) is 12.6. The molecule has 0 radical (unpaired) electrons. The second kappa shape index (κ2) is 5.29. The first-order valence-corrected chi connectivity index (χ1v) is 6.89. The van der Waals surface area contributed by atoms with E-state index < -0.39 is 5.82 Å². The Labute approximate surface area is 112 Å². The van der Waals surface area contributed by atoms with Gasteiger partial charge in [0.15, 0.2) is 0 Å². The number of halogens is 1. The fourth-order valence-corrected chi connectivity index (χ4v) is 2.41. The molecule has 3 nitrogen and oxygen atoms in total. The highest BCUT2D eigenvalue weighted by Crippen LogP contribution is 2.30. The van der Waals surface area contributed by atoms with Crippen LogP contribution in [0.2, 0.25) is 0 Å². The minimum atomic E-state index is -0.449. The topological polar surface area (TPSA) is 29.5 Å². The van der Waals surface area contributed by atoms with E-state index in [1.165, 1.54) is 25.0 Å². The van der Waals surface area contributed by atoms with Crippen LogP contribution in [0.5, 0.6) is 0 Å². The van der Waals surface area contributed by atoms with E-state index in [-0.39, 0.29) is 17.6 Å². The summed E-state index contributed by atoms with van der Waals surface area (Å²) in [4.78, 5) is 13.9. The molecule has 1 aromatic rings. The van der Waals surface area contributed by atoms with Gasteiger partial charge in [0.1, 0.15) is 5.82 Å². The molecule has 0 spiro atoms. The van der Waals surface area contributed by atoms with Crippen LogP contribution in [0.4, 0.5) is 4.39 Å². The van der Waals surface area contributed by atoms with Gasteiger partial charge in [-0.1, -0.05) is 12.1 Å². The van der Waals surface area contributed by atoms with Crippen molar-refractivity contribution in [3.8, 4) is 0 Å². The SMILES string of the molecule is O=C(c1ccccc1F)N1CCC(OCC2CC2)C1. The lowest BCUT2D eigenvalue weighted by atomic mass is 10.2. The normalized spacial score (nSPS) is 22.8. The van der Waals surface area contributed by atoms with Gasteiger partial charge in [-0.05, 0) is 37.3 Å². The number of ether oxygens (including phenoxy) is 1. The Morgan fingerprint density at radius 3 is 2.84 bits per heavy atom. The lowest BCUT2D eigenvalue weighted by molar-refractivity contribution is 0.0479. The van der Waals surface area contributed by atoms with Gasteiger partial charge in [-0.25, -0.2) is 4.39 Å². The molecule has 1 aromatic carbocycles. The Balaban J connectivity index is 1.57. The molecule has 1 atom stereocenters. The molecule has 1 saturated carbocycles. The van der Waals surface area contributed by atoms with Crippen LogP contribution in [0.3, 0.4) is 0 Å². The lowest BCUT2D eigenvalue weighted by Crippen LogP contribution is -2.31. The number of carbonyl (C=O) groups is 1. The smallest absolute Gasteiger partial charge is 0.256 e. The van der Waals surface area contributed by atoms with Gasteiger partial charge in [0.05, 0.1) is 11.7 Å². The zero-order chi connectivity index (χ0) is 13.2. The zero-order valence-electron chi connectivity index (χ0n) is 10.8. The number of likely N-dealkylation sites (tertiary alicyclic amines) is 1. The molecule has 1 saturated heterocycles. The van der Waals surface area contributed by atoms with Crippen LogP contribution < -0.4 is 0 Å². The maximum atomic E-state index is 13.6. The number of hydrogen-bond acceptors (Lipinski definition) is 2. The van der Waals surface area contributed by atoms with Crippen LogP contribution in [-0.2, 0) is 4.74 Å². The van der Waals surface area contributed by atoms with Crippen molar-refractivity contribution in [1.82, 2.24) is 4.90 Å². The van der Waals surface area contributed by atoms with Crippen LogP contribution >= 0.6 is 0 Å². The monoisotopic (exact) mass is 263 g/mol. The molecule has 3 rings (SSSR count). The molecule has 1 amide bonds. The minimum Gasteiger partial charge on any atom is -0.376 e. The van der Waals surface area contributed by atoms with Crippen LogP contribution in [0.25, 0.3) is 0 Å². The zero-order valence-corrected chi connectivity index (χ0v) is 10.8. The number of hydrogen-bond donors (Lipinski definition) is 0. The molecule has 0 bridgehead atoms. The Morgan fingerprint density at radius 1 is 1.32 bits per heavy atom. The fraction of sp³-hybridized carbons (Fsp3) is 0.533. The number of nitrogens with zero attached hydrogens (tertiary/aromatic N) is 1. The van der Waals surface area contributed by atoms with Crippen molar-refractivity contribution in [1.29, 1.82) is 0 Å². The maximum absolute atomic E-state index is 13.6. The Kier molecular flexibility index (Phi) is 3.51. The summed E-state index contributed by atoms with van der Waals surface area (Å²) < 4.78 is 19.4. The van der Waals surface area contributed by atoms with Crippen LogP contribution in [0.15, 0.2) is 24.3 Å². The maximum Gasteiger partial charge on any atom is 0.256 e. The summed E-state index contributed by atoms with van der Waals surface area (Å²) in [5.41, 5.74) is 0.158. The average Bonchev–Trinajstić information content (AvgIpc) is 3.13. The van der Waals surface area contributed by atoms with E-state index in [1.807, 2.05) is 0 Å². The summed E-state index contributed by atoms with van der Waals surface area (Å²) in [5.74, 6) is 0.0572. The van der Waals surface area contributed by atoms with Gasteiger partial charge in [0.25, 0.3) is 5.91 Å². The average molecular weight is 263 g/mol. The molecule has 2 aliphatic rings. The molecule has 4 heteroatoms. The quantitative estimate of drug-likeness (QED) is 0.835. The lowest BCUT2D eigenvalue weighted by Gasteiger charge is -2.17. The predicted molar refractivity (Wildman–Crippen MR) is 69.4 cm³/mol. The van der Waals surface area contributed by atoms with Crippen molar-refractivity contribution in [2.75, 3.05) is 19.7 Å². The molecule has 0 N–H and O–H groups in total. The van der Waals surface area contributed by atoms with E-state index in [9.17, 15) is 9.18 Å². The number of carbonyl (C=O) groups excluding carboxylic acids is 1. The Bertz CT molecular complexity index is 473. The number of benzene rings is 1. The molecule has 2 fully saturated rings. The Morgan fingerprint density at radius 2 is 2.11 bits per heavy atom. The van der Waals surface area contributed by atoms with E-state index in [2.05, 4.69) is 0 Å². The van der Waals surface area contributed by atoms with Gasteiger partial charge >= 0.3 is 0 Å². The highest BCUT2D eigenvalue weighted by molar-refractivity contribution is 5.94. The summed E-state index contributed by atoms with van der Waals surface area (Å²) in [6.45, 7) is 2.05. The standard InChI is InChI=1S/C15H18FNO2/c16-14-4-2-1-3-13(14)15(18)17-8-7-12(9-17)19-10-11-5-6-11/h1-4,11-12H,5-10H2. The van der Waals surface area contributed by atoms with Gasteiger partial charge in [-0.2, -0.15) is 0 Å². The van der Waals surface area contributed by atoms with Crippen molar-refractivity contribution in [3.63, 3.8) is 0 Å². The van der Waals surface area contributed by atoms with Crippen LogP contribution in [-0.4, -0.2) is 36.6 Å². The summed E-state index contributed by atoms with van der Waals surface area (Å²) in [5, 5.41) is 0. The van der Waals surface area contributed by atoms with Gasteiger partial charge in [-0.15, -0.1) is 0 Å². The third-order valence-electron chi connectivity index (χ3n) is 3.80. The molecular formula is C15H18FNO2. The summed E-state index contributed by atoms with van der Waals surface area (Å²) >= 11 is 0. The molecular weight excluding hydrogens is 245 g/mol. The van der Waals surface area contributed by atoms with Crippen LogP contribution in [0, 0.1) is 11.7 Å². The van der Waals surface area contributed by atoms with Crippen LogP contribution in [0.1, 0.15) is 29.6 Å². The van der Waals surface area contributed by atoms with Gasteiger partial charge in [-0.3, -0.25) is 4.79 Å². The van der Waals surface area contributed by atoms with Gasteiger partial charge < -0.3 is 9.64 Å². The van der Waals surface area contributed by atoms with E-state index in [0.29, 0.717) is 13.1 Å². The molecule has 1 aliphatic heterocycles. The van der Waals surface area contributed by atoms with E-state index in [0.717, 1.165) is 18.9 Å². The van der Waals surface area contributed by atoms with Gasteiger partial charge in [0, 0.05) is 19.7 Å². The second-order valence-electron chi connectivity index (χ2n) is 5.42. The molecule has 1 aliphatic carbocycles. The summed E-state index contributed by atoms with van der Waals surface area (Å²) in [6, 6.07) is 6.14. The summed E-state index contributed by atoms with van der Waals surface area (Å²) in [7, 11) is 0. The molecule has 19 heavy (non-hydrogen) atoms. The van der Waals surface area contributed by atoms with Crippen molar-refractivity contribution in [3.05, 3.63) is 35.6 Å². The fourth-order valence-electron chi connectivity index (χ4n) is 2.41. The first-order chi connectivity index (χ1) is 9.24. The Hall–Kier alpha value is -1.42. The van der Waals surface area contributed by atoms with Gasteiger partial charge in [0.2, 0.25) is 0 Å². The predicted octanol–water partition coefficient (Wildman–Crippen LogP) is 2.47. The minimum absolute atomic E-state index is 0.122. The second-order valence-corrected chi connectivity index (χ2v) is 5.42.